The van der Waals surface area contributed by atoms with E-state index in [4.69, 9.17) is 57.5 Å². The topological polar surface area (TPSA) is 109 Å². The molecule has 20 aromatic rings. The lowest BCUT2D eigenvalue weighted by molar-refractivity contribution is 0.413. The smallest absolute Gasteiger partial charge is 0.188 e. The number of para-hydroxylation sites is 2. The van der Waals surface area contributed by atoms with E-state index in [-0.39, 0.29) is 0 Å². The molecule has 0 unspecified atom stereocenters. The summed E-state index contributed by atoms with van der Waals surface area (Å²) in [5.74, 6) is 3.32. The molecule has 0 aliphatic carbocycles. The second kappa shape index (κ2) is 38.7. The molecule has 0 saturated carbocycles. The molecule has 0 saturated heterocycles. The van der Waals surface area contributed by atoms with Crippen LogP contribution in [0.1, 0.15) is 44.5 Å². The normalized spacial score (nSPS) is 10.7. The third-order valence-corrected chi connectivity index (χ3v) is 24.4. The van der Waals surface area contributed by atoms with E-state index >= 15 is 0 Å². The van der Waals surface area contributed by atoms with Crippen molar-refractivity contribution in [2.75, 3.05) is 34.2 Å². The first-order valence-electron chi connectivity index (χ1n) is 43.1. The summed E-state index contributed by atoms with van der Waals surface area (Å²) in [5, 5.41) is 5.39. The third-order valence-electron chi connectivity index (χ3n) is 24.4. The number of nitrogen functional groups attached to an aromatic ring is 1. The third kappa shape index (κ3) is 18.0. The predicted molar refractivity (Wildman–Crippen MR) is 543 cm³/mol. The summed E-state index contributed by atoms with van der Waals surface area (Å²) < 4.78 is 32.3. The summed E-state index contributed by atoms with van der Waals surface area (Å²) in [7, 11) is 6.70. The molecule has 2 N–H and O–H groups in total. The van der Waals surface area contributed by atoms with Crippen LogP contribution in [0.25, 0.3) is 163 Å². The second-order valence-electron chi connectivity index (χ2n) is 32.5. The van der Waals surface area contributed by atoms with Crippen molar-refractivity contribution < 1.29 is 18.9 Å². The van der Waals surface area contributed by atoms with Gasteiger partial charge < -0.3 is 47.5 Å². The fourth-order valence-electron chi connectivity index (χ4n) is 17.1. The summed E-state index contributed by atoms with van der Waals surface area (Å²) in [6.45, 7) is 53.7. The lowest BCUT2D eigenvalue weighted by Crippen LogP contribution is -1.96. The highest BCUT2D eigenvalue weighted by molar-refractivity contribution is 6.05. The summed E-state index contributed by atoms with van der Waals surface area (Å²) in [6, 6.07) is 105. The number of anilines is 1. The first-order chi connectivity index (χ1) is 64.2. The van der Waals surface area contributed by atoms with Gasteiger partial charge in [0.1, 0.15) is 23.0 Å². The summed E-state index contributed by atoms with van der Waals surface area (Å²) in [4.78, 5) is 18.1. The van der Waals surface area contributed by atoms with Gasteiger partial charge in [-0.3, -0.25) is 0 Å². The molecular weight excluding hydrogens is 1620 g/mol. The number of hydrogen-bond donors (Lipinski definition) is 1. The van der Waals surface area contributed by atoms with E-state index in [1.807, 2.05) is 207 Å². The number of hydrogen-bond acceptors (Lipinski definition) is 5. The number of methoxy groups -OCH3 is 4. The van der Waals surface area contributed by atoms with Gasteiger partial charge in [0.2, 0.25) is 0 Å². The Kier molecular flexibility index (Phi) is 25.8. The van der Waals surface area contributed by atoms with Gasteiger partial charge in [-0.05, 0) is 307 Å². The fourth-order valence-corrected chi connectivity index (χ4v) is 17.1. The maximum absolute atomic E-state index is 7.40. The van der Waals surface area contributed by atoms with Gasteiger partial charge in [0.25, 0.3) is 0 Å². The van der Waals surface area contributed by atoms with Crippen molar-refractivity contribution in [2.24, 2.45) is 0 Å². The van der Waals surface area contributed by atoms with Gasteiger partial charge in [-0.2, -0.15) is 0 Å². The van der Waals surface area contributed by atoms with E-state index in [1.165, 1.54) is 50.1 Å². The highest BCUT2D eigenvalue weighted by atomic mass is 16.5. The summed E-state index contributed by atoms with van der Waals surface area (Å²) >= 11 is 0. The highest BCUT2D eigenvalue weighted by Crippen LogP contribution is 2.44. The number of fused-ring (bicyclic) bond motifs is 5. The van der Waals surface area contributed by atoms with E-state index < -0.39 is 0 Å². The number of nitrogens with two attached hydrogens (primary N) is 1. The predicted octanol–water partition coefficient (Wildman–Crippen LogP) is 31.3. The molecule has 20 rings (SSSR count). The van der Waals surface area contributed by atoms with Gasteiger partial charge in [0.05, 0.1) is 94.6 Å². The Morgan fingerprint density at radius 3 is 0.894 bits per heavy atom. The summed E-state index contributed by atoms with van der Waals surface area (Å²) in [5.41, 5.74) is 42.0. The van der Waals surface area contributed by atoms with Gasteiger partial charge >= 0.3 is 0 Å². The zero-order valence-corrected chi connectivity index (χ0v) is 75.6. The van der Waals surface area contributed by atoms with Crippen LogP contribution in [0, 0.1) is 88.3 Å². The summed E-state index contributed by atoms with van der Waals surface area (Å²) in [6.07, 6.45) is 10.8. The molecular formula is C117H95N11O4. The maximum atomic E-state index is 7.40. The molecule has 0 amide bonds. The van der Waals surface area contributed by atoms with Gasteiger partial charge in [0.15, 0.2) is 28.4 Å². The molecule has 0 atom stereocenters. The van der Waals surface area contributed by atoms with Crippen molar-refractivity contribution in [1.82, 2.24) is 22.8 Å². The molecule has 0 aliphatic rings. The molecule has 642 valence electrons. The standard InChI is InChI=1S/2C24H20N2O.C23H19N3.2C23H18N2O/c1-16-8-7-9-19(17(16)2)21-15-26(23-10-5-6-11-24(23)27-4)22-13-12-18(25-3)14-20(21)22;1-16-6-5-7-21(17(16)2)23-15-26(19-9-11-20(27-4)12-10-19)24-13-8-18(25-3)14-22(23)24;1-15-6-4-7-18(12-15)26-14-21(19-8-5-9-22(24)16(19)2)20-13-17(25-3)10-11-23(20)26;2*1-16-5-4-6-17(13-16)22-15-25(19-8-10-20(26-3)11-9-19)23-12-7-18(24-2)14-21(22)23/h2*5-15H,1-2,4H3;4-14H,24H2,1-2H3;2*4-15H,1,3H3. The Balaban J connectivity index is 0.000000120. The lowest BCUT2D eigenvalue weighted by Gasteiger charge is -2.10. The minimum Gasteiger partial charge on any atom is -0.497 e. The SMILES string of the molecule is [C-]#[N+]c1ccc2c(c1)c(-c1cccc(C)c1)cn2-c1ccc(OC)cc1.[C-]#[N+]c1ccc2c(c1)c(-c1cccc(C)c1)cn2-c1ccc(OC)cc1.[C-]#[N+]c1ccc2c(c1)c(-c1cccc(C)c1C)cn2-c1ccc(OC)cc1.[C-]#[N+]c1ccc2c(c1)c(-c1cccc(C)c1C)cn2-c1ccccc1OC.[C-]#[N+]c1ccc2c(c1)c(-c1cccc(N)c1C)cn2-c1cccc(C)c1. The average molecular weight is 1720 g/mol. The molecule has 0 aliphatic heterocycles. The molecule has 0 spiro atoms. The fraction of sp³-hybridized carbons (Fsp3) is 0.103. The number of rotatable bonds is 14. The molecule has 5 aromatic heterocycles. The van der Waals surface area contributed by atoms with Crippen LogP contribution in [-0.4, -0.2) is 51.3 Å². The molecule has 15 nitrogen and oxygen atoms in total. The molecule has 5 heterocycles. The minimum absolute atomic E-state index is 0.641. The zero-order valence-electron chi connectivity index (χ0n) is 75.6. The van der Waals surface area contributed by atoms with Crippen molar-refractivity contribution in [3.63, 3.8) is 0 Å². The van der Waals surface area contributed by atoms with Crippen molar-refractivity contribution in [3.8, 4) is 107 Å². The molecule has 15 aromatic carbocycles. The van der Waals surface area contributed by atoms with Crippen molar-refractivity contribution in [1.29, 1.82) is 0 Å². The Labute approximate surface area is 770 Å². The minimum atomic E-state index is 0.641. The van der Waals surface area contributed by atoms with Crippen LogP contribution in [0.4, 0.5) is 34.1 Å². The van der Waals surface area contributed by atoms with E-state index in [9.17, 15) is 0 Å². The van der Waals surface area contributed by atoms with E-state index in [0.29, 0.717) is 28.4 Å². The monoisotopic (exact) mass is 1720 g/mol. The van der Waals surface area contributed by atoms with Crippen LogP contribution in [0.3, 0.4) is 0 Å². The van der Waals surface area contributed by atoms with Crippen LogP contribution in [0.15, 0.2) is 346 Å². The van der Waals surface area contributed by atoms with E-state index in [0.717, 1.165) is 162 Å². The van der Waals surface area contributed by atoms with Crippen LogP contribution in [-0.2, 0) is 0 Å². The first-order valence-corrected chi connectivity index (χ1v) is 43.1. The van der Waals surface area contributed by atoms with Gasteiger partial charge in [-0.1, -0.05) is 163 Å². The maximum Gasteiger partial charge on any atom is 0.188 e. The van der Waals surface area contributed by atoms with Crippen molar-refractivity contribution in [3.05, 3.63) is 448 Å². The van der Waals surface area contributed by atoms with Crippen LogP contribution >= 0.6 is 0 Å². The van der Waals surface area contributed by atoms with E-state index in [2.05, 4.69) is 242 Å². The number of benzene rings is 15. The van der Waals surface area contributed by atoms with Gasteiger partial charge in [-0.15, -0.1) is 0 Å². The van der Waals surface area contributed by atoms with Crippen LogP contribution in [0.2, 0.25) is 0 Å². The van der Waals surface area contributed by atoms with Crippen LogP contribution in [0.5, 0.6) is 23.0 Å². The zero-order chi connectivity index (χ0) is 92.4. The molecule has 0 bridgehead atoms. The average Bonchev–Trinajstić information content (AvgIpc) is 1.64. The van der Waals surface area contributed by atoms with Crippen molar-refractivity contribution >= 4 is 88.6 Å². The number of aryl methyl sites for hydroxylation is 5. The van der Waals surface area contributed by atoms with Gasteiger partial charge in [-0.25, -0.2) is 24.2 Å². The molecule has 15 heteroatoms. The first kappa shape index (κ1) is 87.9. The Morgan fingerprint density at radius 1 is 0.242 bits per heavy atom. The van der Waals surface area contributed by atoms with E-state index in [1.54, 1.807) is 28.4 Å². The molecule has 0 fully saturated rings. The number of nitrogens with zero attached hydrogens (tertiary/aromatic N) is 10. The Morgan fingerprint density at radius 2 is 0.545 bits per heavy atom. The quantitative estimate of drug-likeness (QED) is 0.0862. The molecule has 0 radical (unpaired) electrons. The number of aromatic nitrogens is 5. The Hall–Kier alpha value is -17.6. The Bertz CT molecular complexity index is 7810. The van der Waals surface area contributed by atoms with Crippen molar-refractivity contribution in [2.45, 2.75) is 55.4 Å². The molecule has 132 heavy (non-hydrogen) atoms. The van der Waals surface area contributed by atoms with Gasteiger partial charge in [0, 0.05) is 87.2 Å². The van der Waals surface area contributed by atoms with Crippen LogP contribution < -0.4 is 24.7 Å². The highest BCUT2D eigenvalue weighted by Gasteiger charge is 2.22. The second-order valence-corrected chi connectivity index (χ2v) is 32.5. The largest absolute Gasteiger partial charge is 0.497 e. The number of ether oxygens (including phenoxy) is 4. The lowest BCUT2D eigenvalue weighted by atomic mass is 9.97.